The molecule has 52 heavy (non-hydrogen) atoms. The molecule has 12 nitrogen and oxygen atoms in total. The number of rotatable bonds is 30. The average molecular weight is 747 g/mol. The predicted molar refractivity (Wildman–Crippen MR) is 200 cm³/mol. The number of ketones is 1. The number of Topliss-reactive ketones (excluding diaryl/α,β-unsaturated/α-hetero) is 1. The fraction of sp³-hybridized carbons (Fsp3) is 0.900. The van der Waals surface area contributed by atoms with E-state index in [9.17, 15) is 19.2 Å². The molecule has 12 heteroatoms. The summed E-state index contributed by atoms with van der Waals surface area (Å²) in [7, 11) is 0. The van der Waals surface area contributed by atoms with E-state index in [0.29, 0.717) is 58.3 Å². The number of esters is 3. The summed E-state index contributed by atoms with van der Waals surface area (Å²) in [6, 6.07) is 0. The summed E-state index contributed by atoms with van der Waals surface area (Å²) in [5, 5.41) is 0. The zero-order chi connectivity index (χ0) is 40.2. The lowest BCUT2D eigenvalue weighted by atomic mass is 9.74. The van der Waals surface area contributed by atoms with Crippen LogP contribution >= 0.6 is 0 Å². The third-order valence-corrected chi connectivity index (χ3v) is 9.05. The van der Waals surface area contributed by atoms with E-state index in [1.807, 2.05) is 69.2 Å². The van der Waals surface area contributed by atoms with Crippen LogP contribution in [-0.4, -0.2) is 105 Å². The Morgan fingerprint density at radius 1 is 0.519 bits per heavy atom. The normalized spacial score (nSPS) is 14.9. The monoisotopic (exact) mass is 747 g/mol. The molecule has 0 rings (SSSR count). The highest BCUT2D eigenvalue weighted by atomic mass is 16.6. The Morgan fingerprint density at radius 3 is 1.44 bits per heavy atom. The topological polar surface area (TPSA) is 142 Å². The molecule has 0 radical (unpaired) electrons. The van der Waals surface area contributed by atoms with E-state index in [4.69, 9.17) is 37.9 Å². The summed E-state index contributed by atoms with van der Waals surface area (Å²) in [5.74, 6) is -1.22. The van der Waals surface area contributed by atoms with Gasteiger partial charge in [-0.25, -0.2) is 4.79 Å². The van der Waals surface area contributed by atoms with Crippen molar-refractivity contribution in [3.05, 3.63) is 0 Å². The highest BCUT2D eigenvalue weighted by Crippen LogP contribution is 2.38. The molecular formula is C40H74O12. The first kappa shape index (κ1) is 49.9. The number of ether oxygens (including phenoxy) is 8. The highest BCUT2D eigenvalue weighted by Gasteiger charge is 2.47. The van der Waals surface area contributed by atoms with E-state index >= 15 is 0 Å². The Bertz CT molecular complexity index is 1050. The molecule has 0 saturated heterocycles. The second-order valence-corrected chi connectivity index (χ2v) is 15.9. The molecule has 0 bridgehead atoms. The van der Waals surface area contributed by atoms with Gasteiger partial charge in [0.1, 0.15) is 18.8 Å². The lowest BCUT2D eigenvalue weighted by molar-refractivity contribution is -0.182. The Morgan fingerprint density at radius 2 is 0.962 bits per heavy atom. The lowest BCUT2D eigenvalue weighted by Gasteiger charge is -2.41. The minimum absolute atomic E-state index is 0.0489. The standard InChI is InChI=1S/C40H74O12/c1-15-40(14,37(8,9)35(43)46-27-31(6)51-29(2)3)50-26-17-16-23-45-34(42)22-20-21-33(41)38(10,11)48-24-18-19-25-49-39(12,13)36(44)47-28-32(7)52-30(4)5/h29-32H,15-28H2,1-14H3. The van der Waals surface area contributed by atoms with Crippen LogP contribution in [0.3, 0.4) is 0 Å². The average Bonchev–Trinajstić information content (AvgIpc) is 3.04. The van der Waals surface area contributed by atoms with Gasteiger partial charge in [0.2, 0.25) is 0 Å². The van der Waals surface area contributed by atoms with Gasteiger partial charge in [-0.2, -0.15) is 0 Å². The summed E-state index contributed by atoms with van der Waals surface area (Å²) in [6.45, 7) is 27.5. The van der Waals surface area contributed by atoms with E-state index in [2.05, 4.69) is 0 Å². The van der Waals surface area contributed by atoms with Crippen molar-refractivity contribution in [3.8, 4) is 0 Å². The third kappa shape index (κ3) is 19.8. The van der Waals surface area contributed by atoms with Gasteiger partial charge in [0.05, 0.1) is 42.0 Å². The zero-order valence-corrected chi connectivity index (χ0v) is 35.1. The quantitative estimate of drug-likeness (QED) is 0.0412. The highest BCUT2D eigenvalue weighted by molar-refractivity contribution is 5.86. The van der Waals surface area contributed by atoms with Crippen LogP contribution in [-0.2, 0) is 57.1 Å². The third-order valence-electron chi connectivity index (χ3n) is 9.05. The molecule has 0 saturated carbocycles. The predicted octanol–water partition coefficient (Wildman–Crippen LogP) is 7.34. The van der Waals surface area contributed by atoms with E-state index < -0.39 is 28.2 Å². The first-order valence-electron chi connectivity index (χ1n) is 19.3. The second-order valence-electron chi connectivity index (χ2n) is 15.9. The van der Waals surface area contributed by atoms with Gasteiger partial charge < -0.3 is 37.9 Å². The van der Waals surface area contributed by atoms with E-state index in [1.165, 1.54) is 0 Å². The second kappa shape index (κ2) is 24.3. The van der Waals surface area contributed by atoms with Crippen molar-refractivity contribution in [3.63, 3.8) is 0 Å². The molecule has 0 aliphatic heterocycles. The van der Waals surface area contributed by atoms with E-state index in [0.717, 1.165) is 0 Å². The summed E-state index contributed by atoms with van der Waals surface area (Å²) in [5.41, 5.74) is -3.69. The Hall–Kier alpha value is -2.12. The fourth-order valence-electron chi connectivity index (χ4n) is 5.14. The smallest absolute Gasteiger partial charge is 0.337 e. The molecule has 0 N–H and O–H groups in total. The maximum atomic E-state index is 13.0. The molecule has 306 valence electrons. The van der Waals surface area contributed by atoms with Crippen molar-refractivity contribution < 1.29 is 57.1 Å². The molecule has 0 aliphatic carbocycles. The van der Waals surface area contributed by atoms with Gasteiger partial charge in [-0.05, 0) is 129 Å². The number of hydrogen-bond donors (Lipinski definition) is 0. The lowest BCUT2D eigenvalue weighted by Crippen LogP contribution is -2.50. The van der Waals surface area contributed by atoms with Gasteiger partial charge in [-0.1, -0.05) is 6.92 Å². The molecular weight excluding hydrogens is 672 g/mol. The van der Waals surface area contributed by atoms with Gasteiger partial charge in [0.25, 0.3) is 0 Å². The number of carbonyl (C=O) groups excluding carboxylic acids is 4. The molecule has 0 aromatic carbocycles. The molecule has 0 fully saturated rings. The first-order chi connectivity index (χ1) is 24.0. The van der Waals surface area contributed by atoms with Crippen molar-refractivity contribution in [2.75, 3.05) is 39.6 Å². The molecule has 0 amide bonds. The minimum Gasteiger partial charge on any atom is -0.466 e. The van der Waals surface area contributed by atoms with Crippen LogP contribution in [0.25, 0.3) is 0 Å². The molecule has 3 atom stereocenters. The molecule has 0 spiro atoms. The van der Waals surface area contributed by atoms with E-state index in [-0.39, 0.29) is 74.8 Å². The summed E-state index contributed by atoms with van der Waals surface area (Å²) >= 11 is 0. The van der Waals surface area contributed by atoms with Crippen LogP contribution in [0, 0.1) is 5.41 Å². The summed E-state index contributed by atoms with van der Waals surface area (Å²) in [4.78, 5) is 50.4. The van der Waals surface area contributed by atoms with Crippen LogP contribution in [0.1, 0.15) is 148 Å². The van der Waals surface area contributed by atoms with Gasteiger partial charge in [-0.15, -0.1) is 0 Å². The SMILES string of the molecule is CCC(C)(OCCCCOC(=O)CCCC(=O)C(C)(C)OCCCCOC(C)(C)C(=O)OCC(C)OC(C)C)C(C)(C)C(=O)OCC(C)OC(C)C. The number of unbranched alkanes of at least 4 members (excludes halogenated alkanes) is 2. The number of carbonyl (C=O) groups is 4. The largest absolute Gasteiger partial charge is 0.466 e. The van der Waals surface area contributed by atoms with Crippen molar-refractivity contribution >= 4 is 23.7 Å². The summed E-state index contributed by atoms with van der Waals surface area (Å²) < 4.78 is 45.4. The van der Waals surface area contributed by atoms with Gasteiger partial charge in [-0.3, -0.25) is 14.4 Å². The van der Waals surface area contributed by atoms with Crippen LogP contribution < -0.4 is 0 Å². The molecule has 0 aliphatic rings. The Kier molecular flexibility index (Phi) is 23.3. The molecule has 3 unspecified atom stereocenters. The van der Waals surface area contributed by atoms with Crippen molar-refractivity contribution in [1.82, 2.24) is 0 Å². The van der Waals surface area contributed by atoms with Crippen LogP contribution in [0.2, 0.25) is 0 Å². The summed E-state index contributed by atoms with van der Waals surface area (Å²) in [6.07, 6.45) is 3.59. The Labute approximate surface area is 315 Å². The van der Waals surface area contributed by atoms with Gasteiger partial charge >= 0.3 is 17.9 Å². The van der Waals surface area contributed by atoms with Crippen molar-refractivity contribution in [2.45, 2.75) is 190 Å². The van der Waals surface area contributed by atoms with Gasteiger partial charge in [0, 0.05) is 32.7 Å². The van der Waals surface area contributed by atoms with Crippen molar-refractivity contribution in [2.24, 2.45) is 5.41 Å². The van der Waals surface area contributed by atoms with Crippen molar-refractivity contribution in [1.29, 1.82) is 0 Å². The maximum absolute atomic E-state index is 13.0. The molecule has 0 aromatic rings. The van der Waals surface area contributed by atoms with Crippen LogP contribution in [0.4, 0.5) is 0 Å². The van der Waals surface area contributed by atoms with Crippen LogP contribution in [0.5, 0.6) is 0 Å². The minimum atomic E-state index is -1.08. The molecule has 0 heterocycles. The van der Waals surface area contributed by atoms with Crippen LogP contribution in [0.15, 0.2) is 0 Å². The molecule has 0 aromatic heterocycles. The first-order valence-corrected chi connectivity index (χ1v) is 19.3. The number of hydrogen-bond acceptors (Lipinski definition) is 12. The fourth-order valence-corrected chi connectivity index (χ4v) is 5.14. The van der Waals surface area contributed by atoms with E-state index in [1.54, 1.807) is 27.7 Å². The maximum Gasteiger partial charge on any atom is 0.337 e. The Balaban J connectivity index is 4.30. The zero-order valence-electron chi connectivity index (χ0n) is 35.1. The van der Waals surface area contributed by atoms with Gasteiger partial charge in [0.15, 0.2) is 11.4 Å².